The number of nitrogens with one attached hydrogen (secondary N) is 1. The van der Waals surface area contributed by atoms with Gasteiger partial charge in [-0.15, -0.1) is 0 Å². The number of amides is 1. The van der Waals surface area contributed by atoms with Crippen LogP contribution in [0.4, 0.5) is 5.69 Å². The molecule has 0 atom stereocenters. The predicted molar refractivity (Wildman–Crippen MR) is 87.7 cm³/mol. The zero-order valence-electron chi connectivity index (χ0n) is 13.1. The van der Waals surface area contributed by atoms with Crippen LogP contribution in [0.3, 0.4) is 0 Å². The van der Waals surface area contributed by atoms with Gasteiger partial charge in [-0.3, -0.25) is 4.79 Å². The summed E-state index contributed by atoms with van der Waals surface area (Å²) in [6, 6.07) is 8.39. The molecule has 1 fully saturated rings. The summed E-state index contributed by atoms with van der Waals surface area (Å²) in [5, 5.41) is 2.79. The van der Waals surface area contributed by atoms with Crippen LogP contribution < -0.4 is 5.32 Å². The van der Waals surface area contributed by atoms with E-state index in [0.717, 1.165) is 43.0 Å². The Morgan fingerprint density at radius 2 is 1.91 bits per heavy atom. The molecule has 0 aliphatic carbocycles. The van der Waals surface area contributed by atoms with E-state index in [9.17, 15) is 4.79 Å². The van der Waals surface area contributed by atoms with Gasteiger partial charge in [0.25, 0.3) is 0 Å². The lowest BCUT2D eigenvalue weighted by Crippen LogP contribution is -2.31. The molecule has 0 unspecified atom stereocenters. The van der Waals surface area contributed by atoms with E-state index in [4.69, 9.17) is 0 Å². The molecule has 1 aliphatic heterocycles. The Morgan fingerprint density at radius 1 is 1.23 bits per heavy atom. The van der Waals surface area contributed by atoms with Gasteiger partial charge in [-0.25, -0.2) is 4.98 Å². The molecule has 5 heteroatoms. The fraction of sp³-hybridized carbons (Fsp3) is 0.412. The van der Waals surface area contributed by atoms with Crippen molar-refractivity contribution in [3.63, 3.8) is 0 Å². The maximum absolute atomic E-state index is 11.1. The van der Waals surface area contributed by atoms with E-state index in [2.05, 4.69) is 33.0 Å². The Bertz CT molecular complexity index is 639. The number of imidazole rings is 1. The Hall–Kier alpha value is -2.14. The molecular formula is C17H22N4O. The standard InChI is InChI=1S/C17H22N4O/c1-13(22)19-15-5-3-14(4-6-15)17-18-9-12-21(17)16-7-10-20(2)11-8-16/h3-6,9,12,16H,7-8,10-11H2,1-2H3,(H,19,22). The van der Waals surface area contributed by atoms with E-state index in [1.54, 1.807) is 0 Å². The lowest BCUT2D eigenvalue weighted by Gasteiger charge is -2.30. The van der Waals surface area contributed by atoms with Crippen LogP contribution >= 0.6 is 0 Å². The average molecular weight is 298 g/mol. The molecular weight excluding hydrogens is 276 g/mol. The van der Waals surface area contributed by atoms with Crippen molar-refractivity contribution in [1.82, 2.24) is 14.5 Å². The minimum Gasteiger partial charge on any atom is -0.328 e. The third-order valence-corrected chi connectivity index (χ3v) is 4.21. The van der Waals surface area contributed by atoms with Crippen molar-refractivity contribution in [2.45, 2.75) is 25.8 Å². The number of piperidine rings is 1. The summed E-state index contributed by atoms with van der Waals surface area (Å²) >= 11 is 0. The summed E-state index contributed by atoms with van der Waals surface area (Å²) in [5.41, 5.74) is 1.90. The zero-order chi connectivity index (χ0) is 15.5. The lowest BCUT2D eigenvalue weighted by molar-refractivity contribution is -0.114. The number of likely N-dealkylation sites (tertiary alicyclic amines) is 1. The highest BCUT2D eigenvalue weighted by Crippen LogP contribution is 2.28. The van der Waals surface area contributed by atoms with Crippen molar-refractivity contribution in [3.8, 4) is 11.4 Å². The molecule has 3 rings (SSSR count). The smallest absolute Gasteiger partial charge is 0.221 e. The SMILES string of the molecule is CC(=O)Nc1ccc(-c2nccn2C2CCN(C)CC2)cc1. The first-order chi connectivity index (χ1) is 10.6. The molecule has 0 radical (unpaired) electrons. The maximum atomic E-state index is 11.1. The summed E-state index contributed by atoms with van der Waals surface area (Å²) in [7, 11) is 2.17. The number of nitrogens with zero attached hydrogens (tertiary/aromatic N) is 3. The molecule has 0 spiro atoms. The number of anilines is 1. The molecule has 5 nitrogen and oxygen atoms in total. The molecule has 1 amide bonds. The molecule has 2 heterocycles. The first-order valence-corrected chi connectivity index (χ1v) is 7.73. The molecule has 1 aromatic heterocycles. The highest BCUT2D eigenvalue weighted by molar-refractivity contribution is 5.88. The maximum Gasteiger partial charge on any atom is 0.221 e. The second-order valence-electron chi connectivity index (χ2n) is 5.95. The van der Waals surface area contributed by atoms with Crippen LogP contribution in [0.15, 0.2) is 36.7 Å². The lowest BCUT2D eigenvalue weighted by atomic mass is 10.0. The monoisotopic (exact) mass is 298 g/mol. The second kappa shape index (κ2) is 6.32. The highest BCUT2D eigenvalue weighted by atomic mass is 16.1. The van der Waals surface area contributed by atoms with Crippen LogP contribution in [0.5, 0.6) is 0 Å². The number of hydrogen-bond acceptors (Lipinski definition) is 3. The van der Waals surface area contributed by atoms with Gasteiger partial charge in [0.15, 0.2) is 0 Å². The number of hydrogen-bond donors (Lipinski definition) is 1. The van der Waals surface area contributed by atoms with Crippen molar-refractivity contribution >= 4 is 11.6 Å². The van der Waals surface area contributed by atoms with Crippen LogP contribution in [0.2, 0.25) is 0 Å². The second-order valence-corrected chi connectivity index (χ2v) is 5.95. The van der Waals surface area contributed by atoms with E-state index in [-0.39, 0.29) is 5.91 Å². The fourth-order valence-corrected chi connectivity index (χ4v) is 3.01. The van der Waals surface area contributed by atoms with Crippen molar-refractivity contribution in [3.05, 3.63) is 36.7 Å². The van der Waals surface area contributed by atoms with Gasteiger partial charge in [-0.2, -0.15) is 0 Å². The third-order valence-electron chi connectivity index (χ3n) is 4.21. The van der Waals surface area contributed by atoms with Gasteiger partial charge in [0.05, 0.1) is 0 Å². The van der Waals surface area contributed by atoms with Crippen molar-refractivity contribution in [2.24, 2.45) is 0 Å². The van der Waals surface area contributed by atoms with Crippen LogP contribution in [0.25, 0.3) is 11.4 Å². The molecule has 116 valence electrons. The molecule has 1 aliphatic rings. The van der Waals surface area contributed by atoms with Gasteiger partial charge >= 0.3 is 0 Å². The topological polar surface area (TPSA) is 50.2 Å². The summed E-state index contributed by atoms with van der Waals surface area (Å²) in [4.78, 5) is 18.0. The Labute approximate surface area is 131 Å². The minimum absolute atomic E-state index is 0.0550. The summed E-state index contributed by atoms with van der Waals surface area (Å²) < 4.78 is 2.29. The van der Waals surface area contributed by atoms with Gasteiger partial charge in [-0.05, 0) is 57.2 Å². The van der Waals surface area contributed by atoms with Crippen molar-refractivity contribution < 1.29 is 4.79 Å². The molecule has 22 heavy (non-hydrogen) atoms. The first kappa shape index (κ1) is 14.8. The van der Waals surface area contributed by atoms with E-state index in [0.29, 0.717) is 6.04 Å². The predicted octanol–water partition coefficient (Wildman–Crippen LogP) is 2.78. The number of carbonyl (C=O) groups is 1. The van der Waals surface area contributed by atoms with Gasteiger partial charge in [0.2, 0.25) is 5.91 Å². The zero-order valence-corrected chi connectivity index (χ0v) is 13.1. The quantitative estimate of drug-likeness (QED) is 0.948. The highest BCUT2D eigenvalue weighted by Gasteiger charge is 2.20. The average Bonchev–Trinajstić information content (AvgIpc) is 2.97. The number of benzene rings is 1. The van der Waals surface area contributed by atoms with Crippen LogP contribution in [-0.4, -0.2) is 40.5 Å². The third kappa shape index (κ3) is 3.20. The van der Waals surface area contributed by atoms with Crippen molar-refractivity contribution in [1.29, 1.82) is 0 Å². The van der Waals surface area contributed by atoms with Gasteiger partial charge in [0.1, 0.15) is 5.82 Å². The summed E-state index contributed by atoms with van der Waals surface area (Å²) in [6.07, 6.45) is 6.26. The molecule has 1 aromatic carbocycles. The summed E-state index contributed by atoms with van der Waals surface area (Å²) in [6.45, 7) is 3.77. The molecule has 2 aromatic rings. The summed E-state index contributed by atoms with van der Waals surface area (Å²) in [5.74, 6) is 0.949. The fourth-order valence-electron chi connectivity index (χ4n) is 3.01. The van der Waals surface area contributed by atoms with E-state index < -0.39 is 0 Å². The number of carbonyl (C=O) groups excluding carboxylic acids is 1. The normalized spacial score (nSPS) is 16.6. The van der Waals surface area contributed by atoms with Crippen LogP contribution in [0.1, 0.15) is 25.8 Å². The first-order valence-electron chi connectivity index (χ1n) is 7.73. The number of aromatic nitrogens is 2. The van der Waals surface area contributed by atoms with Crippen LogP contribution in [0, 0.1) is 0 Å². The van der Waals surface area contributed by atoms with Gasteiger partial charge < -0.3 is 14.8 Å². The minimum atomic E-state index is -0.0550. The van der Waals surface area contributed by atoms with Crippen molar-refractivity contribution in [2.75, 3.05) is 25.5 Å². The molecule has 1 N–H and O–H groups in total. The van der Waals surface area contributed by atoms with Gasteiger partial charge in [0, 0.05) is 36.6 Å². The van der Waals surface area contributed by atoms with Crippen LogP contribution in [-0.2, 0) is 4.79 Å². The number of rotatable bonds is 3. The van der Waals surface area contributed by atoms with E-state index in [1.165, 1.54) is 6.92 Å². The molecule has 0 bridgehead atoms. The largest absolute Gasteiger partial charge is 0.328 e. The van der Waals surface area contributed by atoms with Gasteiger partial charge in [-0.1, -0.05) is 0 Å². The Kier molecular flexibility index (Phi) is 4.24. The molecule has 0 saturated carbocycles. The molecule has 1 saturated heterocycles. The van der Waals surface area contributed by atoms with E-state index in [1.807, 2.05) is 30.5 Å². The van der Waals surface area contributed by atoms with E-state index >= 15 is 0 Å². The Balaban J connectivity index is 1.80. The Morgan fingerprint density at radius 3 is 2.55 bits per heavy atom.